The number of aromatic nitrogens is 6. The molecule has 5 rings (SSSR count). The molecule has 31 heavy (non-hydrogen) atoms. The van der Waals surface area contributed by atoms with Crippen LogP contribution in [0.25, 0.3) is 22.0 Å². The first-order chi connectivity index (χ1) is 15.1. The molecular weight excluding hydrogens is 414 g/mol. The molecule has 0 aliphatic rings. The number of carbonyl (C=O) groups is 1. The van der Waals surface area contributed by atoms with Gasteiger partial charge < -0.3 is 10.1 Å². The molecule has 0 atom stereocenters. The maximum atomic E-state index is 12.9. The summed E-state index contributed by atoms with van der Waals surface area (Å²) in [5, 5.41) is 6.98. The number of hydrogen-bond acceptors (Lipinski definition) is 7. The molecular formula is C21H17N7O2S. The van der Waals surface area contributed by atoms with Crippen LogP contribution in [0.4, 0.5) is 5.82 Å². The molecule has 4 aromatic heterocycles. The van der Waals surface area contributed by atoms with Gasteiger partial charge in [-0.25, -0.2) is 19.6 Å². The number of carbonyl (C=O) groups excluding carboxylic acids is 1. The molecule has 0 saturated carbocycles. The number of anilines is 1. The van der Waals surface area contributed by atoms with E-state index in [4.69, 9.17) is 4.74 Å². The van der Waals surface area contributed by atoms with Gasteiger partial charge in [-0.2, -0.15) is 5.10 Å². The van der Waals surface area contributed by atoms with Crippen molar-refractivity contribution in [1.82, 2.24) is 29.1 Å². The Labute approximate surface area is 181 Å². The highest BCUT2D eigenvalue weighted by atomic mass is 32.1. The molecule has 0 unspecified atom stereocenters. The zero-order chi connectivity index (χ0) is 21.4. The Balaban J connectivity index is 1.40. The second kappa shape index (κ2) is 7.65. The lowest BCUT2D eigenvalue weighted by Crippen LogP contribution is -2.13. The van der Waals surface area contributed by atoms with E-state index in [0.29, 0.717) is 16.5 Å². The summed E-state index contributed by atoms with van der Waals surface area (Å²) >= 11 is 1.33. The van der Waals surface area contributed by atoms with Crippen LogP contribution in [0, 0.1) is 6.92 Å². The van der Waals surface area contributed by atoms with Gasteiger partial charge in [0.05, 0.1) is 12.8 Å². The van der Waals surface area contributed by atoms with Crippen LogP contribution in [0.2, 0.25) is 0 Å². The monoisotopic (exact) mass is 431 g/mol. The van der Waals surface area contributed by atoms with Crippen molar-refractivity contribution in [3.8, 4) is 22.8 Å². The Kier molecular flexibility index (Phi) is 4.68. The smallest absolute Gasteiger partial charge is 0.268 e. The zero-order valence-corrected chi connectivity index (χ0v) is 17.5. The van der Waals surface area contributed by atoms with E-state index in [1.807, 2.05) is 41.8 Å². The van der Waals surface area contributed by atoms with E-state index in [2.05, 4.69) is 25.4 Å². The number of thiazole rings is 1. The van der Waals surface area contributed by atoms with E-state index in [1.165, 1.54) is 17.7 Å². The number of rotatable bonds is 5. The van der Waals surface area contributed by atoms with Crippen molar-refractivity contribution in [2.24, 2.45) is 0 Å². The number of aryl methyl sites for hydroxylation is 1. The third-order valence-corrected chi connectivity index (χ3v) is 5.94. The fourth-order valence-electron chi connectivity index (χ4n) is 3.18. The van der Waals surface area contributed by atoms with Crippen LogP contribution >= 0.6 is 11.3 Å². The first kappa shape index (κ1) is 18.9. The number of amides is 1. The van der Waals surface area contributed by atoms with Gasteiger partial charge in [-0.15, -0.1) is 0 Å². The van der Waals surface area contributed by atoms with Crippen molar-refractivity contribution in [2.75, 3.05) is 12.4 Å². The summed E-state index contributed by atoms with van der Waals surface area (Å²) in [7, 11) is 1.64. The van der Waals surface area contributed by atoms with Crippen molar-refractivity contribution < 1.29 is 9.53 Å². The molecule has 0 aliphatic heterocycles. The van der Waals surface area contributed by atoms with Crippen LogP contribution in [0.3, 0.4) is 0 Å². The predicted octanol–water partition coefficient (Wildman–Crippen LogP) is 3.61. The van der Waals surface area contributed by atoms with Crippen LogP contribution in [0.15, 0.2) is 61.3 Å². The van der Waals surface area contributed by atoms with Crippen LogP contribution in [-0.4, -0.2) is 42.2 Å². The maximum Gasteiger partial charge on any atom is 0.268 e. The van der Waals surface area contributed by atoms with Gasteiger partial charge in [-0.1, -0.05) is 11.3 Å². The second-order valence-corrected chi connectivity index (χ2v) is 7.67. The van der Waals surface area contributed by atoms with E-state index in [9.17, 15) is 4.79 Å². The normalized spacial score (nSPS) is 11.0. The number of fused-ring (bicyclic) bond motifs is 1. The fraction of sp³-hybridized carbons (Fsp3) is 0.0952. The lowest BCUT2D eigenvalue weighted by atomic mass is 10.2. The summed E-state index contributed by atoms with van der Waals surface area (Å²) in [6, 6.07) is 11.2. The Hall–Kier alpha value is -4.05. The number of nitrogens with one attached hydrogen (secondary N) is 1. The summed E-state index contributed by atoms with van der Waals surface area (Å²) < 4.78 is 8.73. The third-order valence-electron chi connectivity index (χ3n) is 4.78. The molecule has 9 nitrogen and oxygen atoms in total. The van der Waals surface area contributed by atoms with Gasteiger partial charge in [-0.3, -0.25) is 9.20 Å². The summed E-state index contributed by atoms with van der Waals surface area (Å²) in [5.41, 5.74) is 2.63. The Morgan fingerprint density at radius 2 is 2.03 bits per heavy atom. The Morgan fingerprint density at radius 1 is 1.19 bits per heavy atom. The van der Waals surface area contributed by atoms with E-state index < -0.39 is 0 Å². The zero-order valence-electron chi connectivity index (χ0n) is 16.7. The highest BCUT2D eigenvalue weighted by molar-refractivity contribution is 7.19. The number of imidazole rings is 1. The topological polar surface area (TPSA) is 99.2 Å². The molecule has 0 radical (unpaired) electrons. The quantitative estimate of drug-likeness (QED) is 0.456. The molecule has 1 aromatic carbocycles. The predicted molar refractivity (Wildman–Crippen MR) is 117 cm³/mol. The SMILES string of the molecule is COc1ccc(-c2cn3c(C)c(C(=O)Nc4cc(-n5cccn5)ncn4)sc3n2)cc1. The number of methoxy groups -OCH3 is 1. The lowest BCUT2D eigenvalue weighted by molar-refractivity contribution is 0.102. The van der Waals surface area contributed by atoms with Crippen molar-refractivity contribution in [3.63, 3.8) is 0 Å². The molecule has 1 N–H and O–H groups in total. The van der Waals surface area contributed by atoms with E-state index in [1.54, 1.807) is 36.3 Å². The number of benzene rings is 1. The highest BCUT2D eigenvalue weighted by Gasteiger charge is 2.19. The van der Waals surface area contributed by atoms with Crippen molar-refractivity contribution in [2.45, 2.75) is 6.92 Å². The summed E-state index contributed by atoms with van der Waals surface area (Å²) in [6.45, 7) is 1.90. The molecule has 10 heteroatoms. The third kappa shape index (κ3) is 3.53. The van der Waals surface area contributed by atoms with Gasteiger partial charge in [0.15, 0.2) is 10.8 Å². The van der Waals surface area contributed by atoms with Gasteiger partial charge in [0.1, 0.15) is 22.8 Å². The van der Waals surface area contributed by atoms with Gasteiger partial charge >= 0.3 is 0 Å². The van der Waals surface area contributed by atoms with E-state index in [-0.39, 0.29) is 5.91 Å². The standard InChI is InChI=1S/C21H17N7O2S/c1-13-19(20(29)26-17-10-18(23-12-22-17)28-9-3-8-24-28)31-21-25-16(11-27(13)21)14-4-6-15(30-2)7-5-14/h3-12H,1-2H3,(H,22,23,26,29). The van der Waals surface area contributed by atoms with Crippen molar-refractivity contribution in [3.05, 3.63) is 71.9 Å². The summed E-state index contributed by atoms with van der Waals surface area (Å²) in [5.74, 6) is 1.51. The first-order valence-corrected chi connectivity index (χ1v) is 10.2. The molecule has 1 amide bonds. The molecule has 0 spiro atoms. The minimum Gasteiger partial charge on any atom is -0.497 e. The van der Waals surface area contributed by atoms with E-state index in [0.717, 1.165) is 27.7 Å². The largest absolute Gasteiger partial charge is 0.497 e. The molecule has 0 saturated heterocycles. The van der Waals surface area contributed by atoms with Crippen molar-refractivity contribution >= 4 is 28.0 Å². The van der Waals surface area contributed by atoms with Gasteiger partial charge in [-0.05, 0) is 37.3 Å². The maximum absolute atomic E-state index is 12.9. The minimum absolute atomic E-state index is 0.246. The Bertz CT molecular complexity index is 1370. The first-order valence-electron chi connectivity index (χ1n) is 9.39. The number of ether oxygens (including phenoxy) is 1. The second-order valence-electron chi connectivity index (χ2n) is 6.69. The average molecular weight is 431 g/mol. The van der Waals surface area contributed by atoms with Gasteiger partial charge in [0.2, 0.25) is 0 Å². The molecule has 0 bridgehead atoms. The summed E-state index contributed by atoms with van der Waals surface area (Å²) in [4.78, 5) is 27.2. The van der Waals surface area contributed by atoms with Gasteiger partial charge in [0, 0.05) is 35.9 Å². The minimum atomic E-state index is -0.246. The Morgan fingerprint density at radius 3 is 2.74 bits per heavy atom. The lowest BCUT2D eigenvalue weighted by Gasteiger charge is -2.05. The molecule has 4 heterocycles. The molecule has 154 valence electrons. The van der Waals surface area contributed by atoms with E-state index >= 15 is 0 Å². The van der Waals surface area contributed by atoms with Crippen LogP contribution < -0.4 is 10.1 Å². The average Bonchev–Trinajstić information content (AvgIpc) is 3.52. The van der Waals surface area contributed by atoms with Gasteiger partial charge in [0.25, 0.3) is 5.91 Å². The fourth-order valence-corrected chi connectivity index (χ4v) is 4.18. The molecule has 5 aromatic rings. The van der Waals surface area contributed by atoms with Crippen LogP contribution in [0.1, 0.15) is 15.4 Å². The van der Waals surface area contributed by atoms with Crippen LogP contribution in [0.5, 0.6) is 5.75 Å². The molecule has 0 fully saturated rings. The summed E-state index contributed by atoms with van der Waals surface area (Å²) in [6.07, 6.45) is 6.75. The van der Waals surface area contributed by atoms with Crippen molar-refractivity contribution in [1.29, 1.82) is 0 Å². The number of hydrogen-bond donors (Lipinski definition) is 1. The number of nitrogens with zero attached hydrogens (tertiary/aromatic N) is 6. The van der Waals surface area contributed by atoms with Crippen LogP contribution in [-0.2, 0) is 0 Å². The highest BCUT2D eigenvalue weighted by Crippen LogP contribution is 2.28. The molecule has 0 aliphatic carbocycles.